The summed E-state index contributed by atoms with van der Waals surface area (Å²) in [5.74, 6) is 0.224. The average Bonchev–Trinajstić information content (AvgIpc) is 2.57. The summed E-state index contributed by atoms with van der Waals surface area (Å²) in [6, 6.07) is 0. The van der Waals surface area contributed by atoms with E-state index in [2.05, 4.69) is 15.8 Å². The van der Waals surface area contributed by atoms with Crippen molar-refractivity contribution in [3.05, 3.63) is 0 Å². The topological polar surface area (TPSA) is 123 Å². The molecule has 0 aromatic carbocycles. The van der Waals surface area contributed by atoms with Gasteiger partial charge in [-0.3, -0.25) is 4.55 Å². The van der Waals surface area contributed by atoms with E-state index in [-0.39, 0.29) is 25.7 Å². The van der Waals surface area contributed by atoms with Crippen LogP contribution in [0.1, 0.15) is 53.4 Å². The monoisotopic (exact) mass is 390 g/mol. The fraction of sp³-hybridized carbons (Fsp3) is 1.00. The van der Waals surface area contributed by atoms with Crippen molar-refractivity contribution in [3.63, 3.8) is 0 Å². The van der Waals surface area contributed by atoms with Crippen molar-refractivity contribution >= 4 is 10.4 Å². The van der Waals surface area contributed by atoms with Crippen LogP contribution >= 0.6 is 0 Å². The highest BCUT2D eigenvalue weighted by Crippen LogP contribution is 2.13. The van der Waals surface area contributed by atoms with E-state index >= 15 is 0 Å². The Balaban J connectivity index is -0.000000337. The molecule has 0 bridgehead atoms. The van der Waals surface area contributed by atoms with E-state index < -0.39 is 10.4 Å². The van der Waals surface area contributed by atoms with Gasteiger partial charge >= 0.3 is 10.4 Å². The molecule has 0 fully saturated rings. The number of aliphatic hydroxyl groups excluding tert-OH is 2. The number of hydrogen-bond donors (Lipinski definition) is 3. The molecule has 0 saturated heterocycles. The van der Waals surface area contributed by atoms with E-state index in [1.165, 1.54) is 0 Å². The van der Waals surface area contributed by atoms with E-state index in [0.717, 1.165) is 38.9 Å². The summed E-state index contributed by atoms with van der Waals surface area (Å²) in [6.45, 7) is 10.5. The van der Waals surface area contributed by atoms with Gasteiger partial charge in [-0.2, -0.15) is 8.42 Å². The zero-order valence-electron chi connectivity index (χ0n) is 16.1. The lowest BCUT2D eigenvalue weighted by Gasteiger charge is -2.12. The van der Waals surface area contributed by atoms with Gasteiger partial charge in [-0.05, 0) is 26.2 Å². The van der Waals surface area contributed by atoms with Gasteiger partial charge in [0.15, 0.2) is 0 Å². The molecule has 1 unspecified atom stereocenters. The molecule has 0 aromatic rings. The Labute approximate surface area is 153 Å². The van der Waals surface area contributed by atoms with E-state index in [1.54, 1.807) is 0 Å². The lowest BCUT2D eigenvalue weighted by Crippen LogP contribution is -2.13. The maximum atomic E-state index is 10.3. The Morgan fingerprint density at radius 2 is 1.44 bits per heavy atom. The molecule has 25 heavy (non-hydrogen) atoms. The van der Waals surface area contributed by atoms with Crippen LogP contribution in [0.25, 0.3) is 0 Å². The molecule has 0 aliphatic heterocycles. The van der Waals surface area contributed by atoms with Gasteiger partial charge in [-0.25, -0.2) is 4.18 Å². The lowest BCUT2D eigenvalue weighted by molar-refractivity contribution is 0.0650. The minimum absolute atomic E-state index is 0.0278. The maximum Gasteiger partial charge on any atom is 0.397 e. The summed E-state index contributed by atoms with van der Waals surface area (Å²) >= 11 is 0. The molecule has 0 aromatic heterocycles. The quantitative estimate of drug-likeness (QED) is 0.322. The zero-order valence-corrected chi connectivity index (χ0v) is 17.0. The summed E-state index contributed by atoms with van der Waals surface area (Å²) in [6.07, 6.45) is 3.97. The predicted molar refractivity (Wildman–Crippen MR) is 98.0 cm³/mol. The van der Waals surface area contributed by atoms with Crippen LogP contribution in [0, 0.1) is 5.92 Å². The summed E-state index contributed by atoms with van der Waals surface area (Å²) < 4.78 is 42.6. The predicted octanol–water partition coefficient (Wildman–Crippen LogP) is 2.05. The molecule has 9 heteroatoms. The fourth-order valence-electron chi connectivity index (χ4n) is 1.52. The molecule has 0 amide bonds. The van der Waals surface area contributed by atoms with E-state index in [1.807, 2.05) is 20.8 Å². The number of unbranched alkanes of at least 4 members (excludes halogenated alkanes) is 1. The van der Waals surface area contributed by atoms with Crippen molar-refractivity contribution < 1.29 is 36.8 Å². The van der Waals surface area contributed by atoms with Crippen LogP contribution in [0.2, 0.25) is 0 Å². The Kier molecular flexibility index (Phi) is 28.0. The molecule has 0 aliphatic carbocycles. The smallest absolute Gasteiger partial charge is 0.394 e. The molecule has 0 rings (SSSR count). The Morgan fingerprint density at radius 1 is 0.920 bits per heavy atom. The van der Waals surface area contributed by atoms with E-state index in [0.29, 0.717) is 13.2 Å². The second-order valence-corrected chi connectivity index (χ2v) is 6.06. The third-order valence-electron chi connectivity index (χ3n) is 2.88. The highest BCUT2D eigenvalue weighted by Gasteiger charge is 2.11. The Morgan fingerprint density at radius 3 is 1.72 bits per heavy atom. The zero-order chi connectivity index (χ0) is 20.0. The fourth-order valence-corrected chi connectivity index (χ4v) is 1.88. The van der Waals surface area contributed by atoms with Crippen LogP contribution in [0.4, 0.5) is 0 Å². The molecule has 0 spiro atoms. The summed E-state index contributed by atoms with van der Waals surface area (Å²) in [5.41, 5.74) is 0. The molecular formula is C16H38O8S. The molecule has 3 N–H and O–H groups in total. The van der Waals surface area contributed by atoms with Crippen molar-refractivity contribution in [3.8, 4) is 0 Å². The van der Waals surface area contributed by atoms with Gasteiger partial charge in [-0.15, -0.1) is 0 Å². The molecule has 8 nitrogen and oxygen atoms in total. The molecule has 156 valence electrons. The first kappa shape index (κ1) is 29.5. The molecule has 0 radical (unpaired) electrons. The van der Waals surface area contributed by atoms with E-state index in [9.17, 15) is 8.42 Å². The molecular weight excluding hydrogens is 352 g/mol. The van der Waals surface area contributed by atoms with Crippen LogP contribution in [0.15, 0.2) is 0 Å². The Hall–Kier alpha value is -0.290. The van der Waals surface area contributed by atoms with Crippen molar-refractivity contribution in [1.82, 2.24) is 0 Å². The number of ether oxygens (including phenoxy) is 2. The molecule has 0 aliphatic rings. The van der Waals surface area contributed by atoms with Gasteiger partial charge in [-0.1, -0.05) is 33.1 Å². The van der Waals surface area contributed by atoms with Crippen LogP contribution in [0.5, 0.6) is 0 Å². The van der Waals surface area contributed by atoms with Crippen molar-refractivity contribution in [1.29, 1.82) is 0 Å². The average molecular weight is 391 g/mol. The normalized spacial score (nSPS) is 11.8. The van der Waals surface area contributed by atoms with Gasteiger partial charge in [0.25, 0.3) is 0 Å². The molecule has 1 atom stereocenters. The second kappa shape index (κ2) is 23.7. The minimum atomic E-state index is -4.25. The number of rotatable bonds is 13. The molecule has 0 saturated carbocycles. The first-order chi connectivity index (χ1) is 11.8. The highest BCUT2D eigenvalue weighted by atomic mass is 32.3. The third kappa shape index (κ3) is 35.6. The summed E-state index contributed by atoms with van der Waals surface area (Å²) in [7, 11) is -4.25. The van der Waals surface area contributed by atoms with Gasteiger partial charge in [0.1, 0.15) is 0 Å². The van der Waals surface area contributed by atoms with Crippen LogP contribution in [-0.2, 0) is 24.1 Å². The SMILES string of the molecule is CCCCC(CC)COS(=O)(=O)O.CCOCC.OCCOCCO. The second-order valence-electron chi connectivity index (χ2n) is 4.97. The van der Waals surface area contributed by atoms with Crippen LogP contribution in [0.3, 0.4) is 0 Å². The van der Waals surface area contributed by atoms with Crippen molar-refractivity contribution in [2.45, 2.75) is 53.4 Å². The van der Waals surface area contributed by atoms with Crippen LogP contribution in [-0.4, -0.2) is 69.4 Å². The standard InChI is InChI=1S/C8H18O4S.C4H10O3.C4H10O/c1-3-5-6-8(4-2)7-12-13(9,10)11;5-1-3-7-4-2-6;1-3-5-4-2/h8H,3-7H2,1-2H3,(H,9,10,11);5-6H,1-4H2;3-4H2,1-2H3. The Bertz CT molecular complexity index is 316. The van der Waals surface area contributed by atoms with Crippen molar-refractivity contribution in [2.24, 2.45) is 5.92 Å². The van der Waals surface area contributed by atoms with Gasteiger partial charge in [0.2, 0.25) is 0 Å². The maximum absolute atomic E-state index is 10.3. The van der Waals surface area contributed by atoms with E-state index in [4.69, 9.17) is 19.5 Å². The highest BCUT2D eigenvalue weighted by molar-refractivity contribution is 7.80. The lowest BCUT2D eigenvalue weighted by atomic mass is 10.0. The largest absolute Gasteiger partial charge is 0.397 e. The van der Waals surface area contributed by atoms with Crippen molar-refractivity contribution in [2.75, 3.05) is 46.2 Å². The first-order valence-electron chi connectivity index (χ1n) is 8.81. The van der Waals surface area contributed by atoms with Crippen LogP contribution < -0.4 is 0 Å². The number of hydrogen-bond acceptors (Lipinski definition) is 7. The van der Waals surface area contributed by atoms with Gasteiger partial charge in [0.05, 0.1) is 33.0 Å². The third-order valence-corrected chi connectivity index (χ3v) is 3.31. The first-order valence-corrected chi connectivity index (χ1v) is 10.2. The number of aliphatic hydroxyl groups is 2. The minimum Gasteiger partial charge on any atom is -0.394 e. The summed E-state index contributed by atoms with van der Waals surface area (Å²) in [4.78, 5) is 0. The summed E-state index contributed by atoms with van der Waals surface area (Å²) in [5, 5.41) is 16.2. The van der Waals surface area contributed by atoms with Gasteiger partial charge in [0, 0.05) is 13.2 Å². The van der Waals surface area contributed by atoms with Gasteiger partial charge < -0.3 is 19.7 Å². The molecule has 0 heterocycles.